The smallest absolute Gasteiger partial charge is 0.321 e. The second kappa shape index (κ2) is 5.90. The van der Waals surface area contributed by atoms with E-state index in [-0.39, 0.29) is 11.8 Å². The lowest BCUT2D eigenvalue weighted by atomic mass is 10.1. The summed E-state index contributed by atoms with van der Waals surface area (Å²) in [5.74, 6) is 0.473. The zero-order valence-electron chi connectivity index (χ0n) is 8.08. The molecule has 0 saturated heterocycles. The molecule has 5 heteroatoms. The highest BCUT2D eigenvalue weighted by Crippen LogP contribution is 2.24. The number of thiol groups is 1. The first-order valence-corrected chi connectivity index (χ1v) is 5.57. The fourth-order valence-corrected chi connectivity index (χ4v) is 1.73. The van der Waals surface area contributed by atoms with Crippen molar-refractivity contribution in [3.8, 4) is 0 Å². The molecular weight excluding hydrogens is 200 g/mol. The second-order valence-electron chi connectivity index (χ2n) is 3.45. The topological polar surface area (TPSA) is 58.2 Å². The molecule has 0 bridgehead atoms. The van der Waals surface area contributed by atoms with Crippen LogP contribution < -0.4 is 10.6 Å². The highest BCUT2D eigenvalue weighted by Gasteiger charge is 2.23. The number of carbonyl (C=O) groups is 2. The first-order valence-electron chi connectivity index (χ1n) is 4.93. The van der Waals surface area contributed by atoms with Crippen molar-refractivity contribution < 1.29 is 9.59 Å². The Morgan fingerprint density at radius 1 is 1.29 bits per heavy atom. The average Bonchev–Trinajstić information content (AvgIpc) is 2.67. The van der Waals surface area contributed by atoms with E-state index >= 15 is 0 Å². The Kier molecular flexibility index (Phi) is 4.79. The van der Waals surface area contributed by atoms with Crippen LogP contribution in [0.15, 0.2) is 0 Å². The second-order valence-corrected chi connectivity index (χ2v) is 3.90. The molecule has 0 spiro atoms. The maximum atomic E-state index is 11.4. The van der Waals surface area contributed by atoms with Crippen molar-refractivity contribution in [1.82, 2.24) is 10.6 Å². The van der Waals surface area contributed by atoms with Gasteiger partial charge >= 0.3 is 6.03 Å². The van der Waals surface area contributed by atoms with E-state index in [2.05, 4.69) is 23.3 Å². The van der Waals surface area contributed by atoms with Crippen molar-refractivity contribution in [3.05, 3.63) is 0 Å². The Balaban J connectivity index is 2.21. The van der Waals surface area contributed by atoms with E-state index in [9.17, 15) is 9.59 Å². The van der Waals surface area contributed by atoms with Gasteiger partial charge in [0.05, 0.1) is 0 Å². The predicted molar refractivity (Wildman–Crippen MR) is 57.4 cm³/mol. The molecule has 0 unspecified atom stereocenters. The molecule has 1 aliphatic carbocycles. The summed E-state index contributed by atoms with van der Waals surface area (Å²) in [6, 6.07) is -0.407. The van der Waals surface area contributed by atoms with Crippen LogP contribution in [0.1, 0.15) is 25.7 Å². The molecule has 1 fully saturated rings. The standard InChI is InChI=1S/C9H16N2O2S/c12-8(7-3-1-2-4-7)11-9(13)10-5-6-14/h7,14H,1-6H2,(H2,10,11,12,13). The molecule has 0 aromatic heterocycles. The van der Waals surface area contributed by atoms with E-state index in [1.807, 2.05) is 0 Å². The number of hydrogen-bond donors (Lipinski definition) is 3. The van der Waals surface area contributed by atoms with Gasteiger partial charge < -0.3 is 5.32 Å². The van der Waals surface area contributed by atoms with Crippen LogP contribution in [0.3, 0.4) is 0 Å². The summed E-state index contributed by atoms with van der Waals surface area (Å²) < 4.78 is 0. The molecule has 0 heterocycles. The largest absolute Gasteiger partial charge is 0.337 e. The first kappa shape index (κ1) is 11.4. The van der Waals surface area contributed by atoms with Crippen LogP contribution in [0, 0.1) is 5.92 Å². The van der Waals surface area contributed by atoms with Gasteiger partial charge in [0.2, 0.25) is 5.91 Å². The molecule has 1 saturated carbocycles. The minimum Gasteiger partial charge on any atom is -0.337 e. The molecule has 1 aliphatic rings. The van der Waals surface area contributed by atoms with Crippen LogP contribution in [0.2, 0.25) is 0 Å². The lowest BCUT2D eigenvalue weighted by Gasteiger charge is -2.09. The molecule has 3 amide bonds. The van der Waals surface area contributed by atoms with Crippen molar-refractivity contribution in [1.29, 1.82) is 0 Å². The Bertz CT molecular complexity index is 215. The zero-order chi connectivity index (χ0) is 10.4. The monoisotopic (exact) mass is 216 g/mol. The van der Waals surface area contributed by atoms with Gasteiger partial charge in [0.15, 0.2) is 0 Å². The van der Waals surface area contributed by atoms with Gasteiger partial charge in [0.25, 0.3) is 0 Å². The Morgan fingerprint density at radius 3 is 2.50 bits per heavy atom. The van der Waals surface area contributed by atoms with Gasteiger partial charge in [-0.3, -0.25) is 10.1 Å². The van der Waals surface area contributed by atoms with Crippen LogP contribution in [0.5, 0.6) is 0 Å². The van der Waals surface area contributed by atoms with Gasteiger partial charge in [-0.05, 0) is 12.8 Å². The first-order chi connectivity index (χ1) is 6.74. The number of imide groups is 1. The maximum Gasteiger partial charge on any atom is 0.321 e. The molecular formula is C9H16N2O2S. The third-order valence-corrected chi connectivity index (χ3v) is 2.58. The molecule has 0 aromatic rings. The van der Waals surface area contributed by atoms with Gasteiger partial charge in [0.1, 0.15) is 0 Å². The van der Waals surface area contributed by atoms with Crippen LogP contribution in [-0.4, -0.2) is 24.2 Å². The molecule has 0 aromatic carbocycles. The molecule has 0 atom stereocenters. The summed E-state index contributed by atoms with van der Waals surface area (Å²) in [6.07, 6.45) is 4.00. The molecule has 0 aliphatic heterocycles. The van der Waals surface area contributed by atoms with E-state index in [0.717, 1.165) is 25.7 Å². The number of nitrogens with one attached hydrogen (secondary N) is 2. The minimum absolute atomic E-state index is 0.0387. The van der Waals surface area contributed by atoms with Crippen molar-refractivity contribution in [3.63, 3.8) is 0 Å². The van der Waals surface area contributed by atoms with E-state index < -0.39 is 6.03 Å². The third-order valence-electron chi connectivity index (χ3n) is 2.36. The lowest BCUT2D eigenvalue weighted by Crippen LogP contribution is -2.42. The van der Waals surface area contributed by atoms with Crippen molar-refractivity contribution in [2.45, 2.75) is 25.7 Å². The maximum absolute atomic E-state index is 11.4. The quantitative estimate of drug-likeness (QED) is 0.615. The number of amides is 3. The average molecular weight is 216 g/mol. The third kappa shape index (κ3) is 3.57. The van der Waals surface area contributed by atoms with Crippen LogP contribution in [0.4, 0.5) is 4.79 Å². The fourth-order valence-electron chi connectivity index (χ4n) is 1.62. The molecule has 14 heavy (non-hydrogen) atoms. The van der Waals surface area contributed by atoms with E-state index in [1.54, 1.807) is 0 Å². The van der Waals surface area contributed by atoms with E-state index in [1.165, 1.54) is 0 Å². The summed E-state index contributed by atoms with van der Waals surface area (Å²) in [5.41, 5.74) is 0. The van der Waals surface area contributed by atoms with Crippen molar-refractivity contribution in [2.24, 2.45) is 5.92 Å². The molecule has 0 radical (unpaired) electrons. The Morgan fingerprint density at radius 2 is 1.93 bits per heavy atom. The van der Waals surface area contributed by atoms with Gasteiger partial charge in [-0.25, -0.2) is 4.79 Å². The molecule has 4 nitrogen and oxygen atoms in total. The number of hydrogen-bond acceptors (Lipinski definition) is 3. The minimum atomic E-state index is -0.407. The number of rotatable bonds is 3. The summed E-state index contributed by atoms with van der Waals surface area (Å²) >= 11 is 3.95. The SMILES string of the molecule is O=C(NCCS)NC(=O)C1CCCC1. The number of urea groups is 1. The summed E-state index contributed by atoms with van der Waals surface area (Å²) in [7, 11) is 0. The molecule has 1 rings (SSSR count). The Labute approximate surface area is 89.2 Å². The van der Waals surface area contributed by atoms with Crippen molar-refractivity contribution in [2.75, 3.05) is 12.3 Å². The normalized spacial score (nSPS) is 16.6. The zero-order valence-corrected chi connectivity index (χ0v) is 8.98. The van der Waals surface area contributed by atoms with Crippen molar-refractivity contribution >= 4 is 24.6 Å². The van der Waals surface area contributed by atoms with Gasteiger partial charge in [-0.2, -0.15) is 12.6 Å². The van der Waals surface area contributed by atoms with Gasteiger partial charge in [-0.1, -0.05) is 12.8 Å². The molecule has 80 valence electrons. The predicted octanol–water partition coefficient (Wildman–Crippen LogP) is 0.932. The highest BCUT2D eigenvalue weighted by molar-refractivity contribution is 7.80. The summed E-state index contributed by atoms with van der Waals surface area (Å²) in [5, 5.41) is 4.87. The highest BCUT2D eigenvalue weighted by atomic mass is 32.1. The lowest BCUT2D eigenvalue weighted by molar-refractivity contribution is -0.123. The van der Waals surface area contributed by atoms with Gasteiger partial charge in [0, 0.05) is 18.2 Å². The van der Waals surface area contributed by atoms with Crippen LogP contribution in [-0.2, 0) is 4.79 Å². The van der Waals surface area contributed by atoms with E-state index in [0.29, 0.717) is 12.3 Å². The van der Waals surface area contributed by atoms with Crippen LogP contribution in [0.25, 0.3) is 0 Å². The van der Waals surface area contributed by atoms with Crippen LogP contribution >= 0.6 is 12.6 Å². The molecule has 2 N–H and O–H groups in total. The number of carbonyl (C=O) groups excluding carboxylic acids is 2. The fraction of sp³-hybridized carbons (Fsp3) is 0.778. The van der Waals surface area contributed by atoms with E-state index in [4.69, 9.17) is 0 Å². The Hall–Kier alpha value is -0.710. The summed E-state index contributed by atoms with van der Waals surface area (Å²) in [6.45, 7) is 0.479. The van der Waals surface area contributed by atoms with Gasteiger partial charge in [-0.15, -0.1) is 0 Å². The summed E-state index contributed by atoms with van der Waals surface area (Å²) in [4.78, 5) is 22.5.